The van der Waals surface area contributed by atoms with Gasteiger partial charge < -0.3 is 30.9 Å². The number of carboxylic acids is 2. The number of carboxylic acid groups (broad SMARTS) is 2. The van der Waals surface area contributed by atoms with Crippen molar-refractivity contribution >= 4 is 41.1 Å². The molecule has 1 atom stereocenters. The van der Waals surface area contributed by atoms with Gasteiger partial charge in [-0.2, -0.15) is 0 Å². The van der Waals surface area contributed by atoms with Gasteiger partial charge in [0.25, 0.3) is 11.9 Å². The lowest BCUT2D eigenvalue weighted by Crippen LogP contribution is -2.36. The van der Waals surface area contributed by atoms with Gasteiger partial charge in [-0.15, -0.1) is 0 Å². The Morgan fingerprint density at radius 3 is 2.05 bits per heavy atom. The Kier molecular flexibility index (Phi) is 9.25. The lowest BCUT2D eigenvalue weighted by atomic mass is 9.97. The van der Waals surface area contributed by atoms with Crippen LogP contribution in [0.5, 0.6) is 0 Å². The first kappa shape index (κ1) is 28.0. The molecule has 2 amide bonds. The Morgan fingerprint density at radius 1 is 1.00 bits per heavy atom. The van der Waals surface area contributed by atoms with Crippen molar-refractivity contribution in [2.45, 2.75) is 25.9 Å². The number of nitrogens with zero attached hydrogens (tertiary/aromatic N) is 2. The van der Waals surface area contributed by atoms with Gasteiger partial charge in [-0.3, -0.25) is 24.7 Å². The number of benzene rings is 2. The third-order valence-electron chi connectivity index (χ3n) is 6.19. The molecule has 4 rings (SSSR count). The molecule has 2 aromatic rings. The third-order valence-corrected chi connectivity index (χ3v) is 6.19. The number of nitrogens with one attached hydrogen (secondary N) is 2. The average molecular weight is 526 g/mol. The smallest absolute Gasteiger partial charge is 0.414 e. The van der Waals surface area contributed by atoms with E-state index in [2.05, 4.69) is 10.2 Å². The molecular formula is C26H31N5O7. The summed E-state index contributed by atoms with van der Waals surface area (Å²) in [5.74, 6) is -2.23. The van der Waals surface area contributed by atoms with Crippen molar-refractivity contribution in [2.24, 2.45) is 11.7 Å². The van der Waals surface area contributed by atoms with Crippen molar-refractivity contribution in [3.8, 4) is 0 Å². The van der Waals surface area contributed by atoms with Crippen LogP contribution in [0, 0.1) is 11.3 Å². The van der Waals surface area contributed by atoms with E-state index in [1.165, 1.54) is 4.90 Å². The highest BCUT2D eigenvalue weighted by Gasteiger charge is 2.33. The minimum Gasteiger partial charge on any atom is -0.481 e. The van der Waals surface area contributed by atoms with Crippen LogP contribution in [0.25, 0.3) is 0 Å². The van der Waals surface area contributed by atoms with E-state index in [1.807, 2.05) is 24.3 Å². The predicted molar refractivity (Wildman–Crippen MR) is 140 cm³/mol. The molecule has 0 radical (unpaired) electrons. The molecule has 2 fully saturated rings. The molecular weight excluding hydrogens is 494 g/mol. The molecule has 2 aliphatic heterocycles. The van der Waals surface area contributed by atoms with E-state index in [0.29, 0.717) is 49.3 Å². The molecule has 2 saturated heterocycles. The fraction of sp³-hybridized carbons (Fsp3) is 0.346. The monoisotopic (exact) mass is 525 g/mol. The van der Waals surface area contributed by atoms with Crippen LogP contribution in [-0.2, 0) is 14.3 Å². The standard InChI is InChI=1S/C24H27N5O5.C2H4O2/c25-21(26)15-1-3-16(4-2-15)22(30)27-13-20-14-29(24(33)34-20)19-7-5-18(6-8-19)28-11-9-17(10-12-28)23(31)32;1-2(3)4/h1-8,17,20H,9-14H2,(H3,25,26)(H,27,30)(H,31,32);1H3,(H,3,4)/t20-;/m1./s1. The number of cyclic esters (lactones) is 1. The van der Waals surface area contributed by atoms with E-state index in [1.54, 1.807) is 24.3 Å². The van der Waals surface area contributed by atoms with Crippen molar-refractivity contribution in [1.82, 2.24) is 5.32 Å². The Morgan fingerprint density at radius 2 is 1.53 bits per heavy atom. The lowest BCUT2D eigenvalue weighted by Gasteiger charge is -2.32. The van der Waals surface area contributed by atoms with E-state index < -0.39 is 24.1 Å². The fourth-order valence-corrected chi connectivity index (χ4v) is 4.18. The van der Waals surface area contributed by atoms with Crippen LogP contribution in [0.15, 0.2) is 48.5 Å². The predicted octanol–water partition coefficient (Wildman–Crippen LogP) is 2.12. The number of amidine groups is 1. The Bertz CT molecular complexity index is 1170. The van der Waals surface area contributed by atoms with Crippen LogP contribution in [0.2, 0.25) is 0 Å². The van der Waals surface area contributed by atoms with Gasteiger partial charge in [0.15, 0.2) is 0 Å². The van der Waals surface area contributed by atoms with E-state index in [4.69, 9.17) is 30.9 Å². The van der Waals surface area contributed by atoms with E-state index in [0.717, 1.165) is 12.6 Å². The molecule has 0 aromatic heterocycles. The number of ether oxygens (including phenoxy) is 1. The molecule has 202 valence electrons. The van der Waals surface area contributed by atoms with Crippen LogP contribution in [-0.4, -0.2) is 72.3 Å². The number of nitrogen functional groups attached to an aromatic ring is 1. The third kappa shape index (κ3) is 7.45. The largest absolute Gasteiger partial charge is 0.481 e. The summed E-state index contributed by atoms with van der Waals surface area (Å²) in [6, 6.07) is 13.9. The zero-order chi connectivity index (χ0) is 27.8. The van der Waals surface area contributed by atoms with Crippen LogP contribution < -0.4 is 20.9 Å². The zero-order valence-corrected chi connectivity index (χ0v) is 20.9. The number of carbonyl (C=O) groups is 4. The minimum atomic E-state index is -0.833. The lowest BCUT2D eigenvalue weighted by molar-refractivity contribution is -0.142. The Labute approximate surface area is 219 Å². The molecule has 0 spiro atoms. The van der Waals surface area contributed by atoms with E-state index >= 15 is 0 Å². The Balaban J connectivity index is 0.000000934. The highest BCUT2D eigenvalue weighted by molar-refractivity contribution is 5.98. The molecule has 0 bridgehead atoms. The van der Waals surface area contributed by atoms with Gasteiger partial charge in [0.05, 0.1) is 19.0 Å². The van der Waals surface area contributed by atoms with Crippen LogP contribution in [0.3, 0.4) is 0 Å². The maximum Gasteiger partial charge on any atom is 0.414 e. The van der Waals surface area contributed by atoms with Crippen LogP contribution in [0.4, 0.5) is 16.2 Å². The first-order valence-electron chi connectivity index (χ1n) is 12.0. The summed E-state index contributed by atoms with van der Waals surface area (Å²) >= 11 is 0. The van der Waals surface area contributed by atoms with Crippen molar-refractivity contribution in [3.63, 3.8) is 0 Å². The van der Waals surface area contributed by atoms with Gasteiger partial charge in [0, 0.05) is 42.5 Å². The number of anilines is 2. The van der Waals surface area contributed by atoms with Crippen molar-refractivity contribution in [1.29, 1.82) is 5.41 Å². The topological polar surface area (TPSA) is 186 Å². The Hall–Kier alpha value is -4.61. The van der Waals surface area contributed by atoms with Gasteiger partial charge >= 0.3 is 12.1 Å². The molecule has 38 heavy (non-hydrogen) atoms. The second kappa shape index (κ2) is 12.6. The van der Waals surface area contributed by atoms with Gasteiger partial charge in [0.2, 0.25) is 0 Å². The van der Waals surface area contributed by atoms with E-state index in [-0.39, 0.29) is 24.2 Å². The highest BCUT2D eigenvalue weighted by Crippen LogP contribution is 2.27. The number of hydrogen-bond acceptors (Lipinski definition) is 7. The molecule has 12 nitrogen and oxygen atoms in total. The quantitative estimate of drug-likeness (QED) is 0.267. The number of rotatable bonds is 7. The summed E-state index contributed by atoms with van der Waals surface area (Å²) in [6.07, 6.45) is 0.274. The number of aliphatic carboxylic acids is 2. The van der Waals surface area contributed by atoms with Gasteiger partial charge in [-0.1, -0.05) is 12.1 Å². The summed E-state index contributed by atoms with van der Waals surface area (Å²) in [7, 11) is 0. The number of carbonyl (C=O) groups excluding carboxylic acids is 2. The molecule has 12 heteroatoms. The number of amides is 2. The summed E-state index contributed by atoms with van der Waals surface area (Å²) in [6.45, 7) is 2.93. The van der Waals surface area contributed by atoms with Crippen molar-refractivity contribution in [2.75, 3.05) is 36.0 Å². The number of piperidine rings is 1. The summed E-state index contributed by atoms with van der Waals surface area (Å²) in [5.41, 5.74) is 8.07. The maximum atomic E-state index is 12.4. The molecule has 0 saturated carbocycles. The van der Waals surface area contributed by atoms with Gasteiger partial charge in [-0.05, 0) is 49.2 Å². The molecule has 6 N–H and O–H groups in total. The molecule has 0 aliphatic carbocycles. The van der Waals surface area contributed by atoms with Crippen LogP contribution >= 0.6 is 0 Å². The first-order valence-corrected chi connectivity index (χ1v) is 12.0. The summed E-state index contributed by atoms with van der Waals surface area (Å²) < 4.78 is 5.41. The fourth-order valence-electron chi connectivity index (χ4n) is 4.18. The number of nitrogens with two attached hydrogens (primary N) is 1. The second-order valence-corrected chi connectivity index (χ2v) is 8.95. The number of hydrogen-bond donors (Lipinski definition) is 5. The highest BCUT2D eigenvalue weighted by atomic mass is 16.6. The molecule has 2 aliphatic rings. The minimum absolute atomic E-state index is 0.0688. The van der Waals surface area contributed by atoms with E-state index in [9.17, 15) is 14.4 Å². The summed E-state index contributed by atoms with van der Waals surface area (Å²) in [5, 5.41) is 26.7. The SMILES string of the molecule is CC(=O)O.N=C(N)c1ccc(C(=O)NC[C@@H]2CN(c3ccc(N4CCC(C(=O)O)CC4)cc3)C(=O)O2)cc1. The molecule has 0 unspecified atom stereocenters. The average Bonchev–Trinajstić information content (AvgIpc) is 3.27. The molecule has 2 heterocycles. The zero-order valence-electron chi connectivity index (χ0n) is 20.9. The second-order valence-electron chi connectivity index (χ2n) is 8.95. The van der Waals surface area contributed by atoms with Crippen LogP contribution in [0.1, 0.15) is 35.7 Å². The molecule has 2 aromatic carbocycles. The van der Waals surface area contributed by atoms with Gasteiger partial charge in [-0.25, -0.2) is 4.79 Å². The normalized spacial score (nSPS) is 17.2. The van der Waals surface area contributed by atoms with Crippen molar-refractivity contribution < 1.29 is 34.1 Å². The summed E-state index contributed by atoms with van der Waals surface area (Å²) in [4.78, 5) is 48.6. The first-order chi connectivity index (χ1) is 18.0. The maximum absolute atomic E-state index is 12.4. The van der Waals surface area contributed by atoms with Crippen molar-refractivity contribution in [3.05, 3.63) is 59.7 Å². The van der Waals surface area contributed by atoms with Gasteiger partial charge in [0.1, 0.15) is 11.9 Å².